The molecule has 0 radical (unpaired) electrons. The third-order valence-electron chi connectivity index (χ3n) is 5.10. The molecule has 0 unspecified atom stereocenters. The Bertz CT molecular complexity index is 1380. The first-order chi connectivity index (χ1) is 14.8. The number of aryl methyl sites for hydroxylation is 2. The minimum Gasteiger partial charge on any atom is -0.307 e. The molecule has 0 spiro atoms. The molecule has 9 nitrogen and oxygen atoms in total. The van der Waals surface area contributed by atoms with Gasteiger partial charge in [0.05, 0.1) is 0 Å². The molecule has 2 heterocycles. The van der Waals surface area contributed by atoms with Gasteiger partial charge in [-0.2, -0.15) is 4.98 Å². The highest BCUT2D eigenvalue weighted by Gasteiger charge is 2.31. The molecule has 0 N–H and O–H groups in total. The number of fused-ring (bicyclic) bond motifs is 1. The van der Waals surface area contributed by atoms with E-state index in [9.17, 15) is 19.2 Å². The van der Waals surface area contributed by atoms with Crippen LogP contribution in [0.4, 0.5) is 5.95 Å². The van der Waals surface area contributed by atoms with Crippen LogP contribution in [0.5, 0.6) is 0 Å². The number of nitrogens with zero attached hydrogens (tertiary/aromatic N) is 5. The zero-order valence-electron chi connectivity index (χ0n) is 17.1. The summed E-state index contributed by atoms with van der Waals surface area (Å²) in [5.74, 6) is -1.26. The van der Waals surface area contributed by atoms with Crippen molar-refractivity contribution < 1.29 is 9.59 Å². The molecule has 0 saturated carbocycles. The number of hydrogen-bond donors (Lipinski definition) is 0. The molecule has 4 aromatic rings. The lowest BCUT2D eigenvalue weighted by molar-refractivity contribution is 0.0894. The lowest BCUT2D eigenvalue weighted by atomic mass is 10.1. The lowest BCUT2D eigenvalue weighted by Gasteiger charge is -2.20. The van der Waals surface area contributed by atoms with Crippen LogP contribution in [-0.4, -0.2) is 30.5 Å². The molecule has 0 fully saturated rings. The third kappa shape index (κ3) is 3.16. The standard InChI is InChI=1S/C22H19N5O4/c1-24-16-17(25(2)22(31)26(3)20(16)30)23-21(24)27(18(28)14-10-6-4-7-11-14)19(29)15-12-8-5-9-13-15/h4-13H,1-3H3. The predicted molar refractivity (Wildman–Crippen MR) is 115 cm³/mol. The summed E-state index contributed by atoms with van der Waals surface area (Å²) in [6, 6.07) is 16.6. The largest absolute Gasteiger partial charge is 0.332 e. The molecule has 31 heavy (non-hydrogen) atoms. The Morgan fingerprint density at radius 3 is 1.71 bits per heavy atom. The van der Waals surface area contributed by atoms with Gasteiger partial charge in [-0.05, 0) is 24.3 Å². The fourth-order valence-electron chi connectivity index (χ4n) is 3.40. The molecule has 9 heteroatoms. The number of carbonyl (C=O) groups excluding carboxylic acids is 2. The SMILES string of the molecule is Cn1c(=O)c2c(nc(N(C(=O)c3ccccc3)C(=O)c3ccccc3)n2C)n(C)c1=O. The van der Waals surface area contributed by atoms with Gasteiger partial charge in [-0.25, -0.2) is 9.69 Å². The number of aromatic nitrogens is 4. The normalized spacial score (nSPS) is 10.9. The number of anilines is 1. The summed E-state index contributed by atoms with van der Waals surface area (Å²) in [6.45, 7) is 0. The second-order valence-electron chi connectivity index (χ2n) is 7.03. The van der Waals surface area contributed by atoms with Crippen LogP contribution in [0.2, 0.25) is 0 Å². The summed E-state index contributed by atoms with van der Waals surface area (Å²) in [6.07, 6.45) is 0. The van der Waals surface area contributed by atoms with Gasteiger partial charge in [0, 0.05) is 32.3 Å². The first kappa shape index (κ1) is 20.0. The summed E-state index contributed by atoms with van der Waals surface area (Å²) in [4.78, 5) is 57.1. The van der Waals surface area contributed by atoms with Gasteiger partial charge in [-0.1, -0.05) is 36.4 Å². The van der Waals surface area contributed by atoms with Crippen LogP contribution in [0.25, 0.3) is 11.2 Å². The molecular weight excluding hydrogens is 398 g/mol. The van der Waals surface area contributed by atoms with Crippen molar-refractivity contribution in [3.8, 4) is 0 Å². The Balaban J connectivity index is 2.00. The van der Waals surface area contributed by atoms with Crippen LogP contribution in [0.1, 0.15) is 20.7 Å². The second kappa shape index (κ2) is 7.52. The van der Waals surface area contributed by atoms with Gasteiger partial charge in [-0.15, -0.1) is 0 Å². The smallest absolute Gasteiger partial charge is 0.307 e. The van der Waals surface area contributed by atoms with E-state index < -0.39 is 23.1 Å². The zero-order chi connectivity index (χ0) is 22.3. The molecule has 0 atom stereocenters. The fourth-order valence-corrected chi connectivity index (χ4v) is 3.40. The van der Waals surface area contributed by atoms with Crippen molar-refractivity contribution in [1.82, 2.24) is 18.7 Å². The van der Waals surface area contributed by atoms with Gasteiger partial charge in [0.1, 0.15) is 0 Å². The summed E-state index contributed by atoms with van der Waals surface area (Å²) < 4.78 is 3.52. The van der Waals surface area contributed by atoms with E-state index >= 15 is 0 Å². The molecule has 0 saturated heterocycles. The zero-order valence-corrected chi connectivity index (χ0v) is 17.1. The summed E-state index contributed by atoms with van der Waals surface area (Å²) in [5.41, 5.74) is -0.388. The van der Waals surface area contributed by atoms with Crippen LogP contribution in [0, 0.1) is 0 Å². The Morgan fingerprint density at radius 1 is 0.742 bits per heavy atom. The van der Waals surface area contributed by atoms with E-state index in [0.29, 0.717) is 0 Å². The van der Waals surface area contributed by atoms with Crippen LogP contribution < -0.4 is 16.1 Å². The molecule has 0 bridgehead atoms. The van der Waals surface area contributed by atoms with Crippen molar-refractivity contribution in [3.63, 3.8) is 0 Å². The van der Waals surface area contributed by atoms with Crippen LogP contribution >= 0.6 is 0 Å². The Morgan fingerprint density at radius 2 is 1.23 bits per heavy atom. The molecule has 4 rings (SSSR count). The highest BCUT2D eigenvalue weighted by molar-refractivity contribution is 6.25. The van der Waals surface area contributed by atoms with Crippen LogP contribution in [-0.2, 0) is 21.1 Å². The average molecular weight is 417 g/mol. The van der Waals surface area contributed by atoms with Crippen LogP contribution in [0.15, 0.2) is 70.3 Å². The van der Waals surface area contributed by atoms with Gasteiger partial charge in [0.25, 0.3) is 17.4 Å². The summed E-state index contributed by atoms with van der Waals surface area (Å²) in [7, 11) is 4.36. The van der Waals surface area contributed by atoms with Gasteiger partial charge >= 0.3 is 5.69 Å². The van der Waals surface area contributed by atoms with Crippen molar-refractivity contribution in [1.29, 1.82) is 0 Å². The minimum atomic E-state index is -0.602. The first-order valence-corrected chi connectivity index (χ1v) is 9.44. The molecule has 2 aromatic heterocycles. The molecule has 0 aliphatic rings. The topological polar surface area (TPSA) is 99.2 Å². The monoisotopic (exact) mass is 417 g/mol. The number of hydrogen-bond acceptors (Lipinski definition) is 5. The molecule has 2 aromatic carbocycles. The van der Waals surface area contributed by atoms with Crippen molar-refractivity contribution in [3.05, 3.63) is 92.6 Å². The maximum atomic E-state index is 13.4. The first-order valence-electron chi connectivity index (χ1n) is 9.44. The van der Waals surface area contributed by atoms with E-state index in [1.165, 1.54) is 30.3 Å². The quantitative estimate of drug-likeness (QED) is 0.470. The van der Waals surface area contributed by atoms with E-state index in [4.69, 9.17) is 0 Å². The molecule has 0 aliphatic carbocycles. The average Bonchev–Trinajstić information content (AvgIpc) is 3.14. The number of rotatable bonds is 3. The lowest BCUT2D eigenvalue weighted by Crippen LogP contribution is -2.39. The number of imidazole rings is 1. The van der Waals surface area contributed by atoms with Crippen molar-refractivity contribution in [2.45, 2.75) is 0 Å². The Hall–Kier alpha value is -4.27. The van der Waals surface area contributed by atoms with E-state index in [0.717, 1.165) is 9.47 Å². The maximum Gasteiger partial charge on any atom is 0.332 e. The maximum absolute atomic E-state index is 13.4. The number of carbonyl (C=O) groups is 2. The number of benzene rings is 2. The van der Waals surface area contributed by atoms with Gasteiger partial charge in [0.15, 0.2) is 11.2 Å². The van der Waals surface area contributed by atoms with E-state index in [1.54, 1.807) is 60.7 Å². The van der Waals surface area contributed by atoms with Crippen molar-refractivity contribution in [2.24, 2.45) is 21.1 Å². The van der Waals surface area contributed by atoms with E-state index in [2.05, 4.69) is 4.98 Å². The van der Waals surface area contributed by atoms with Gasteiger partial charge in [-0.3, -0.25) is 23.5 Å². The minimum absolute atomic E-state index is 0.0593. The van der Waals surface area contributed by atoms with E-state index in [-0.39, 0.29) is 28.2 Å². The molecule has 156 valence electrons. The predicted octanol–water partition coefficient (Wildman–Crippen LogP) is 1.46. The molecule has 2 amide bonds. The van der Waals surface area contributed by atoms with Gasteiger partial charge in [0.2, 0.25) is 5.95 Å². The molecular formula is C22H19N5O4. The fraction of sp³-hybridized carbons (Fsp3) is 0.136. The Labute approximate surface area is 176 Å². The summed E-state index contributed by atoms with van der Waals surface area (Å²) >= 11 is 0. The van der Waals surface area contributed by atoms with Gasteiger partial charge < -0.3 is 4.57 Å². The van der Waals surface area contributed by atoms with E-state index in [1.807, 2.05) is 0 Å². The summed E-state index contributed by atoms with van der Waals surface area (Å²) in [5, 5.41) is 0. The highest BCUT2D eigenvalue weighted by Crippen LogP contribution is 2.22. The molecule has 0 aliphatic heterocycles. The number of amides is 2. The highest BCUT2D eigenvalue weighted by atomic mass is 16.2. The van der Waals surface area contributed by atoms with Crippen molar-refractivity contribution in [2.75, 3.05) is 4.90 Å². The second-order valence-corrected chi connectivity index (χ2v) is 7.03. The van der Waals surface area contributed by atoms with Crippen LogP contribution in [0.3, 0.4) is 0 Å². The Kier molecular flexibility index (Phi) is 4.86. The van der Waals surface area contributed by atoms with Crippen molar-refractivity contribution >= 4 is 28.9 Å². The third-order valence-corrected chi connectivity index (χ3v) is 5.10. The number of imide groups is 1.